The van der Waals surface area contributed by atoms with Gasteiger partial charge in [0.15, 0.2) is 0 Å². The van der Waals surface area contributed by atoms with Gasteiger partial charge >= 0.3 is 6.01 Å². The first-order chi connectivity index (χ1) is 8.33. The van der Waals surface area contributed by atoms with Crippen molar-refractivity contribution in [1.29, 1.82) is 0 Å². The maximum Gasteiger partial charge on any atom is 0.323 e. The molecule has 0 aliphatic carbocycles. The third-order valence-electron chi connectivity index (χ3n) is 1.79. The number of hydrogen-bond donors (Lipinski definition) is 2. The Morgan fingerprint density at radius 1 is 1.41 bits per heavy atom. The molecule has 0 amide bonds. The van der Waals surface area contributed by atoms with E-state index >= 15 is 0 Å². The number of hydrazine groups is 1. The van der Waals surface area contributed by atoms with Crippen molar-refractivity contribution in [2.24, 2.45) is 5.84 Å². The van der Waals surface area contributed by atoms with Gasteiger partial charge in [-0.25, -0.2) is 10.8 Å². The molecule has 0 saturated carbocycles. The molecule has 3 N–H and O–H groups in total. The van der Waals surface area contributed by atoms with Crippen LogP contribution in [0, 0.1) is 0 Å². The molecular weight excluding hydrogens is 224 g/mol. The summed E-state index contributed by atoms with van der Waals surface area (Å²) in [6, 6.07) is 0.195. The van der Waals surface area contributed by atoms with E-state index in [-0.39, 0.29) is 17.9 Å². The molecule has 0 bridgehead atoms. The van der Waals surface area contributed by atoms with E-state index in [0.717, 1.165) is 6.42 Å². The number of anilines is 1. The Morgan fingerprint density at radius 2 is 2.29 bits per heavy atom. The number of ether oxygens (including phenoxy) is 1. The Hall–Kier alpha value is -2.29. The number of nitrogens with zero attached hydrogens (tertiary/aromatic N) is 6. The van der Waals surface area contributed by atoms with Crippen LogP contribution in [0.15, 0.2) is 12.7 Å². The van der Waals surface area contributed by atoms with Crippen LogP contribution in [0.5, 0.6) is 6.01 Å². The molecule has 90 valence electrons. The number of nitrogen functional groups attached to an aromatic ring is 1. The summed E-state index contributed by atoms with van der Waals surface area (Å²) in [6.45, 7) is 2.51. The summed E-state index contributed by atoms with van der Waals surface area (Å²) < 4.78 is 6.71. The normalized spacial score (nSPS) is 10.2. The first-order valence-electron chi connectivity index (χ1n) is 5.04. The first-order valence-corrected chi connectivity index (χ1v) is 5.04. The quantitative estimate of drug-likeness (QED) is 0.528. The van der Waals surface area contributed by atoms with Crippen molar-refractivity contribution in [2.45, 2.75) is 13.3 Å². The average molecular weight is 236 g/mol. The Morgan fingerprint density at radius 3 is 2.94 bits per heavy atom. The third kappa shape index (κ3) is 2.64. The summed E-state index contributed by atoms with van der Waals surface area (Å²) >= 11 is 0. The number of aromatic nitrogens is 6. The zero-order valence-electron chi connectivity index (χ0n) is 9.24. The molecule has 9 heteroatoms. The minimum atomic E-state index is 0.195. The van der Waals surface area contributed by atoms with E-state index in [1.165, 1.54) is 17.3 Å². The minimum absolute atomic E-state index is 0.195. The van der Waals surface area contributed by atoms with Gasteiger partial charge in [-0.05, 0) is 6.42 Å². The molecule has 0 fully saturated rings. The molecule has 0 unspecified atom stereocenters. The maximum absolute atomic E-state index is 5.32. The van der Waals surface area contributed by atoms with Crippen molar-refractivity contribution in [3.05, 3.63) is 12.7 Å². The van der Waals surface area contributed by atoms with Crippen LogP contribution in [0.4, 0.5) is 5.95 Å². The Kier molecular flexibility index (Phi) is 3.40. The Balaban J connectivity index is 2.32. The highest BCUT2D eigenvalue weighted by Gasteiger charge is 2.08. The number of nitrogens with one attached hydrogen (secondary N) is 1. The molecule has 2 heterocycles. The zero-order valence-corrected chi connectivity index (χ0v) is 9.24. The fourth-order valence-electron chi connectivity index (χ4n) is 1.08. The first kappa shape index (κ1) is 11.2. The second kappa shape index (κ2) is 5.16. The van der Waals surface area contributed by atoms with Gasteiger partial charge in [0.25, 0.3) is 5.95 Å². The van der Waals surface area contributed by atoms with Gasteiger partial charge in [0.2, 0.25) is 5.95 Å². The van der Waals surface area contributed by atoms with Gasteiger partial charge in [-0.3, -0.25) is 5.43 Å². The molecule has 0 aliphatic heterocycles. The average Bonchev–Trinajstić information content (AvgIpc) is 2.89. The van der Waals surface area contributed by atoms with Gasteiger partial charge in [-0.2, -0.15) is 24.7 Å². The smallest absolute Gasteiger partial charge is 0.323 e. The van der Waals surface area contributed by atoms with Crippen LogP contribution in [0.25, 0.3) is 5.95 Å². The van der Waals surface area contributed by atoms with Crippen molar-refractivity contribution in [3.8, 4) is 12.0 Å². The van der Waals surface area contributed by atoms with E-state index in [9.17, 15) is 0 Å². The second-order valence-electron chi connectivity index (χ2n) is 3.07. The summed E-state index contributed by atoms with van der Waals surface area (Å²) in [6.07, 6.45) is 3.71. The largest absolute Gasteiger partial charge is 0.463 e. The van der Waals surface area contributed by atoms with E-state index in [4.69, 9.17) is 10.6 Å². The van der Waals surface area contributed by atoms with E-state index in [1.54, 1.807) is 0 Å². The highest BCUT2D eigenvalue weighted by atomic mass is 16.5. The Labute approximate surface area is 97.0 Å². The predicted octanol–water partition coefficient (Wildman–Crippen LogP) is -0.473. The number of hydrogen-bond acceptors (Lipinski definition) is 8. The van der Waals surface area contributed by atoms with Crippen molar-refractivity contribution in [3.63, 3.8) is 0 Å². The molecule has 0 saturated heterocycles. The van der Waals surface area contributed by atoms with E-state index in [1.807, 2.05) is 6.92 Å². The second-order valence-corrected chi connectivity index (χ2v) is 3.07. The summed E-state index contributed by atoms with van der Waals surface area (Å²) in [4.78, 5) is 15.9. The molecule has 9 nitrogen and oxygen atoms in total. The van der Waals surface area contributed by atoms with E-state index in [0.29, 0.717) is 6.61 Å². The minimum Gasteiger partial charge on any atom is -0.463 e. The number of nitrogens with two attached hydrogens (primary N) is 1. The van der Waals surface area contributed by atoms with E-state index in [2.05, 4.69) is 30.5 Å². The molecular formula is C8H12N8O. The van der Waals surface area contributed by atoms with Gasteiger partial charge < -0.3 is 4.74 Å². The third-order valence-corrected chi connectivity index (χ3v) is 1.79. The molecule has 0 aliphatic rings. The molecule has 17 heavy (non-hydrogen) atoms. The van der Waals surface area contributed by atoms with Crippen LogP contribution in [-0.2, 0) is 0 Å². The standard InChI is InChI=1S/C8H12N8O/c1-2-3-17-8-13-6(15-9)12-7(14-8)16-5-10-4-11-16/h4-5H,2-3,9H2,1H3,(H,12,13,14,15). The van der Waals surface area contributed by atoms with Gasteiger partial charge in [0.05, 0.1) is 6.61 Å². The van der Waals surface area contributed by atoms with Gasteiger partial charge in [-0.15, -0.1) is 0 Å². The van der Waals surface area contributed by atoms with Crippen LogP contribution in [0.2, 0.25) is 0 Å². The molecule has 2 aromatic rings. The van der Waals surface area contributed by atoms with Crippen molar-refractivity contribution >= 4 is 5.95 Å². The fraction of sp³-hybridized carbons (Fsp3) is 0.375. The Bertz CT molecular complexity index is 470. The van der Waals surface area contributed by atoms with Gasteiger partial charge in [0.1, 0.15) is 12.7 Å². The summed E-state index contributed by atoms with van der Waals surface area (Å²) in [5, 5.41) is 3.91. The lowest BCUT2D eigenvalue weighted by molar-refractivity contribution is 0.291. The summed E-state index contributed by atoms with van der Waals surface area (Å²) in [7, 11) is 0. The molecule has 0 spiro atoms. The molecule has 0 aromatic carbocycles. The molecule has 0 atom stereocenters. The summed E-state index contributed by atoms with van der Waals surface area (Å²) in [5.41, 5.74) is 2.34. The fourth-order valence-corrected chi connectivity index (χ4v) is 1.08. The lowest BCUT2D eigenvalue weighted by Crippen LogP contribution is -2.15. The topological polar surface area (TPSA) is 117 Å². The lowest BCUT2D eigenvalue weighted by atomic mass is 10.5. The van der Waals surface area contributed by atoms with Crippen molar-refractivity contribution in [2.75, 3.05) is 12.0 Å². The van der Waals surface area contributed by atoms with Crippen LogP contribution in [-0.4, -0.2) is 36.3 Å². The highest BCUT2D eigenvalue weighted by molar-refractivity contribution is 5.27. The number of rotatable bonds is 5. The van der Waals surface area contributed by atoms with Crippen molar-refractivity contribution in [1.82, 2.24) is 29.7 Å². The monoisotopic (exact) mass is 236 g/mol. The van der Waals surface area contributed by atoms with Crippen molar-refractivity contribution < 1.29 is 4.74 Å². The van der Waals surface area contributed by atoms with Gasteiger partial charge in [-0.1, -0.05) is 6.92 Å². The highest BCUT2D eigenvalue weighted by Crippen LogP contribution is 2.09. The molecule has 2 aromatic heterocycles. The lowest BCUT2D eigenvalue weighted by Gasteiger charge is -2.06. The molecule has 2 rings (SSSR count). The zero-order chi connectivity index (χ0) is 12.1. The van der Waals surface area contributed by atoms with Crippen LogP contribution in [0.3, 0.4) is 0 Å². The summed E-state index contributed by atoms with van der Waals surface area (Å²) in [5.74, 6) is 5.76. The van der Waals surface area contributed by atoms with Crippen LogP contribution in [0.1, 0.15) is 13.3 Å². The van der Waals surface area contributed by atoms with E-state index < -0.39 is 0 Å². The maximum atomic E-state index is 5.32. The van der Waals surface area contributed by atoms with Crippen LogP contribution < -0.4 is 16.0 Å². The SMILES string of the molecule is CCCOc1nc(NN)nc(-n2cncn2)n1. The van der Waals surface area contributed by atoms with Crippen LogP contribution >= 0.6 is 0 Å². The predicted molar refractivity (Wildman–Crippen MR) is 58.3 cm³/mol. The van der Waals surface area contributed by atoms with Gasteiger partial charge in [0, 0.05) is 0 Å². The molecule has 0 radical (unpaired) electrons.